The Hall–Kier alpha value is -1.46. The first-order valence-corrected chi connectivity index (χ1v) is 6.89. The van der Waals surface area contributed by atoms with Gasteiger partial charge in [0.1, 0.15) is 0 Å². The van der Waals surface area contributed by atoms with Crippen molar-refractivity contribution in [3.63, 3.8) is 0 Å². The lowest BCUT2D eigenvalue weighted by molar-refractivity contribution is 0.221. The molecule has 0 spiro atoms. The maximum atomic E-state index is 11.9. The molecule has 0 bridgehead atoms. The molecule has 1 fully saturated rings. The number of nitrogens with two attached hydrogens (primary N) is 1. The number of urea groups is 1. The van der Waals surface area contributed by atoms with E-state index in [1.165, 1.54) is 6.42 Å². The van der Waals surface area contributed by atoms with Gasteiger partial charge in [-0.3, -0.25) is 0 Å². The molecule has 0 aromatic carbocycles. The molecule has 1 atom stereocenters. The molecule has 1 rings (SSSR count). The Morgan fingerprint density at radius 1 is 1.32 bits per heavy atom. The van der Waals surface area contributed by atoms with E-state index in [2.05, 4.69) is 15.8 Å². The summed E-state index contributed by atoms with van der Waals surface area (Å²) < 4.78 is 0. The van der Waals surface area contributed by atoms with Crippen LogP contribution in [0.25, 0.3) is 0 Å². The lowest BCUT2D eigenvalue weighted by Crippen LogP contribution is -2.55. The summed E-state index contributed by atoms with van der Waals surface area (Å²) in [4.78, 5) is 11.9. The number of nitrogens with one attached hydrogen (secondary N) is 2. The molecular formula is C13H26N4O2. The number of amides is 2. The molecule has 1 aliphatic rings. The molecule has 2 amide bonds. The van der Waals surface area contributed by atoms with Gasteiger partial charge in [-0.1, -0.05) is 24.4 Å². The highest BCUT2D eigenvalue weighted by Crippen LogP contribution is 2.26. The fourth-order valence-electron chi connectivity index (χ4n) is 2.48. The summed E-state index contributed by atoms with van der Waals surface area (Å²) in [6, 6.07) is -0.678. The van der Waals surface area contributed by atoms with Crippen LogP contribution in [0.5, 0.6) is 0 Å². The van der Waals surface area contributed by atoms with Crippen molar-refractivity contribution >= 4 is 11.9 Å². The van der Waals surface area contributed by atoms with Crippen molar-refractivity contribution in [2.24, 2.45) is 16.8 Å². The van der Waals surface area contributed by atoms with E-state index in [9.17, 15) is 4.79 Å². The monoisotopic (exact) mass is 270 g/mol. The lowest BCUT2D eigenvalue weighted by Gasteiger charge is -2.31. The van der Waals surface area contributed by atoms with E-state index in [1.54, 1.807) is 0 Å². The van der Waals surface area contributed by atoms with Gasteiger partial charge in [0.2, 0.25) is 0 Å². The molecule has 0 aromatic rings. The summed E-state index contributed by atoms with van der Waals surface area (Å²) in [5, 5.41) is 17.6. The minimum absolute atomic E-state index is 0.0796. The van der Waals surface area contributed by atoms with Crippen molar-refractivity contribution in [2.45, 2.75) is 64.5 Å². The predicted octanol–water partition coefficient (Wildman–Crippen LogP) is 1.78. The van der Waals surface area contributed by atoms with Crippen molar-refractivity contribution in [3.8, 4) is 0 Å². The average molecular weight is 270 g/mol. The standard InChI is InChI=1S/C13H26N4O2/c1-13(2,3)16-12(18)15-10(11(14)17-19)9-7-5-4-6-8-9/h9-10,19H,4-8H2,1-3H3,(H2,14,17)(H2,15,16,18). The van der Waals surface area contributed by atoms with Crippen LogP contribution in [0.1, 0.15) is 52.9 Å². The average Bonchev–Trinajstić information content (AvgIpc) is 2.34. The van der Waals surface area contributed by atoms with Gasteiger partial charge in [-0.25, -0.2) is 4.79 Å². The number of hydrogen-bond donors (Lipinski definition) is 4. The molecule has 1 aliphatic carbocycles. The first-order chi connectivity index (χ1) is 8.83. The van der Waals surface area contributed by atoms with E-state index in [0.29, 0.717) is 0 Å². The minimum Gasteiger partial charge on any atom is -0.409 e. The Kier molecular flexibility index (Phi) is 5.44. The minimum atomic E-state index is -0.396. The van der Waals surface area contributed by atoms with Gasteiger partial charge in [0.15, 0.2) is 5.84 Å². The first-order valence-electron chi connectivity index (χ1n) is 6.89. The first kappa shape index (κ1) is 15.6. The van der Waals surface area contributed by atoms with Crippen LogP contribution in [0.4, 0.5) is 4.79 Å². The van der Waals surface area contributed by atoms with Crippen LogP contribution in [-0.2, 0) is 0 Å². The van der Waals surface area contributed by atoms with Gasteiger partial charge in [0, 0.05) is 5.54 Å². The third-order valence-corrected chi connectivity index (χ3v) is 3.33. The molecule has 6 heteroatoms. The van der Waals surface area contributed by atoms with Crippen molar-refractivity contribution < 1.29 is 10.0 Å². The van der Waals surface area contributed by atoms with E-state index in [-0.39, 0.29) is 23.3 Å². The number of carbonyl (C=O) groups excluding carboxylic acids is 1. The smallest absolute Gasteiger partial charge is 0.315 e. The zero-order valence-electron chi connectivity index (χ0n) is 12.1. The number of hydrogen-bond acceptors (Lipinski definition) is 3. The third-order valence-electron chi connectivity index (χ3n) is 3.33. The number of oxime groups is 1. The normalized spacial score (nSPS) is 19.8. The van der Waals surface area contributed by atoms with Crippen LogP contribution in [0, 0.1) is 5.92 Å². The van der Waals surface area contributed by atoms with Crippen LogP contribution in [0.15, 0.2) is 5.16 Å². The zero-order valence-corrected chi connectivity index (χ0v) is 12.1. The number of nitrogens with zero attached hydrogens (tertiary/aromatic N) is 1. The van der Waals surface area contributed by atoms with Crippen molar-refractivity contribution in [1.29, 1.82) is 0 Å². The predicted molar refractivity (Wildman–Crippen MR) is 75.2 cm³/mol. The summed E-state index contributed by atoms with van der Waals surface area (Å²) >= 11 is 0. The SMILES string of the molecule is CC(C)(C)NC(=O)NC(/C(N)=N/O)C1CCCCC1. The molecule has 6 nitrogen and oxygen atoms in total. The summed E-state index contributed by atoms with van der Waals surface area (Å²) in [5.74, 6) is 0.325. The van der Waals surface area contributed by atoms with Crippen molar-refractivity contribution in [2.75, 3.05) is 0 Å². The van der Waals surface area contributed by atoms with Gasteiger partial charge in [-0.05, 0) is 39.5 Å². The highest BCUT2D eigenvalue weighted by Gasteiger charge is 2.29. The fraction of sp³-hybridized carbons (Fsp3) is 0.846. The molecule has 1 unspecified atom stereocenters. The lowest BCUT2D eigenvalue weighted by atomic mass is 9.83. The molecule has 1 saturated carbocycles. The molecule has 5 N–H and O–H groups in total. The molecule has 19 heavy (non-hydrogen) atoms. The maximum Gasteiger partial charge on any atom is 0.315 e. The summed E-state index contributed by atoms with van der Waals surface area (Å²) in [7, 11) is 0. The van der Waals surface area contributed by atoms with Crippen LogP contribution >= 0.6 is 0 Å². The van der Waals surface area contributed by atoms with Crippen LogP contribution < -0.4 is 16.4 Å². The fourth-order valence-corrected chi connectivity index (χ4v) is 2.48. The van der Waals surface area contributed by atoms with Gasteiger partial charge in [-0.2, -0.15) is 0 Å². The molecule has 0 saturated heterocycles. The quantitative estimate of drug-likeness (QED) is 0.272. The van der Waals surface area contributed by atoms with Gasteiger partial charge < -0.3 is 21.6 Å². The summed E-state index contributed by atoms with van der Waals surface area (Å²) in [5.41, 5.74) is 5.40. The van der Waals surface area contributed by atoms with Gasteiger partial charge in [0.25, 0.3) is 0 Å². The van der Waals surface area contributed by atoms with Crippen molar-refractivity contribution in [3.05, 3.63) is 0 Å². The van der Waals surface area contributed by atoms with Crippen LogP contribution in [0.3, 0.4) is 0 Å². The molecule has 0 heterocycles. The second-order valence-electron chi connectivity index (χ2n) is 6.25. The van der Waals surface area contributed by atoms with E-state index >= 15 is 0 Å². The van der Waals surface area contributed by atoms with Gasteiger partial charge >= 0.3 is 6.03 Å². The molecular weight excluding hydrogens is 244 g/mol. The van der Waals surface area contributed by atoms with E-state index in [4.69, 9.17) is 10.9 Å². The van der Waals surface area contributed by atoms with E-state index in [1.807, 2.05) is 20.8 Å². The second kappa shape index (κ2) is 6.63. The van der Waals surface area contributed by atoms with E-state index in [0.717, 1.165) is 25.7 Å². The highest BCUT2D eigenvalue weighted by molar-refractivity contribution is 5.89. The molecule has 0 aromatic heterocycles. The second-order valence-corrected chi connectivity index (χ2v) is 6.25. The number of rotatable bonds is 3. The highest BCUT2D eigenvalue weighted by atomic mass is 16.4. The Morgan fingerprint density at radius 3 is 2.37 bits per heavy atom. The van der Waals surface area contributed by atoms with Crippen LogP contribution in [-0.4, -0.2) is 28.7 Å². The summed E-state index contributed by atoms with van der Waals surface area (Å²) in [6.45, 7) is 5.73. The maximum absolute atomic E-state index is 11.9. The Labute approximate surface area is 114 Å². The summed E-state index contributed by atoms with van der Waals surface area (Å²) in [6.07, 6.45) is 5.46. The Bertz CT molecular complexity index is 330. The largest absolute Gasteiger partial charge is 0.409 e. The topological polar surface area (TPSA) is 99.7 Å². The molecule has 0 aliphatic heterocycles. The van der Waals surface area contributed by atoms with Crippen LogP contribution in [0.2, 0.25) is 0 Å². The van der Waals surface area contributed by atoms with Gasteiger partial charge in [-0.15, -0.1) is 0 Å². The Balaban J connectivity index is 2.67. The molecule has 110 valence electrons. The van der Waals surface area contributed by atoms with Crippen molar-refractivity contribution in [1.82, 2.24) is 10.6 Å². The molecule has 0 radical (unpaired) electrons. The van der Waals surface area contributed by atoms with E-state index < -0.39 is 6.04 Å². The Morgan fingerprint density at radius 2 is 1.89 bits per heavy atom. The zero-order chi connectivity index (χ0) is 14.5. The number of carbonyl (C=O) groups is 1. The van der Waals surface area contributed by atoms with Gasteiger partial charge in [0.05, 0.1) is 6.04 Å². The number of amidine groups is 1. The third kappa shape index (κ3) is 5.36.